The first-order valence-corrected chi connectivity index (χ1v) is 5.65. The van der Waals surface area contributed by atoms with E-state index in [1.807, 2.05) is 31.2 Å². The highest BCUT2D eigenvalue weighted by atomic mass is 14.9. The van der Waals surface area contributed by atoms with Crippen molar-refractivity contribution in [3.8, 4) is 6.07 Å². The van der Waals surface area contributed by atoms with E-state index in [-0.39, 0.29) is 0 Å². The first-order valence-electron chi connectivity index (χ1n) is 5.65. The fraction of sp³-hybridized carbons (Fsp3) is 0.143. The van der Waals surface area contributed by atoms with E-state index >= 15 is 0 Å². The van der Waals surface area contributed by atoms with Gasteiger partial charge in [0.15, 0.2) is 5.69 Å². The van der Waals surface area contributed by atoms with Gasteiger partial charge in [0.1, 0.15) is 6.07 Å². The van der Waals surface area contributed by atoms with Crippen molar-refractivity contribution in [1.29, 1.82) is 5.26 Å². The number of nitrogens with two attached hydrogens (primary N) is 1. The lowest BCUT2D eigenvalue weighted by Crippen LogP contribution is -2.05. The molecule has 1 heterocycles. The van der Waals surface area contributed by atoms with Crippen molar-refractivity contribution in [3.05, 3.63) is 53.3 Å². The van der Waals surface area contributed by atoms with Crippen molar-refractivity contribution in [1.82, 2.24) is 4.98 Å². The maximum absolute atomic E-state index is 8.94. The summed E-state index contributed by atoms with van der Waals surface area (Å²) in [5.74, 6) is 0. The third-order valence-electron chi connectivity index (χ3n) is 2.87. The molecule has 0 amide bonds. The maximum Gasteiger partial charge on any atom is 0.163 e. The van der Waals surface area contributed by atoms with Gasteiger partial charge in [-0.05, 0) is 36.2 Å². The molecular weight excluding hydrogens is 224 g/mol. The third-order valence-corrected chi connectivity index (χ3v) is 2.87. The van der Waals surface area contributed by atoms with E-state index in [1.165, 1.54) is 0 Å². The topological polar surface area (TPSA) is 74.7 Å². The molecule has 0 radical (unpaired) electrons. The van der Waals surface area contributed by atoms with Gasteiger partial charge in [-0.3, -0.25) is 0 Å². The quantitative estimate of drug-likeness (QED) is 0.805. The average molecular weight is 238 g/mol. The fourth-order valence-electron chi connectivity index (χ4n) is 1.72. The smallest absolute Gasteiger partial charge is 0.163 e. The Bertz CT molecular complexity index is 599. The maximum atomic E-state index is 8.94. The van der Waals surface area contributed by atoms with Gasteiger partial charge in [0.05, 0.1) is 5.69 Å². The van der Waals surface area contributed by atoms with Gasteiger partial charge in [0, 0.05) is 18.4 Å². The largest absolute Gasteiger partial charge is 0.399 e. The summed E-state index contributed by atoms with van der Waals surface area (Å²) >= 11 is 0. The van der Waals surface area contributed by atoms with Crippen molar-refractivity contribution in [2.45, 2.75) is 13.5 Å². The van der Waals surface area contributed by atoms with Crippen LogP contribution in [0.3, 0.4) is 0 Å². The number of nitrogen functional groups attached to an aromatic ring is 1. The Morgan fingerprint density at radius 1 is 1.33 bits per heavy atom. The molecule has 0 spiro atoms. The van der Waals surface area contributed by atoms with Gasteiger partial charge in [-0.15, -0.1) is 0 Å². The molecule has 2 aromatic rings. The molecule has 0 atom stereocenters. The van der Waals surface area contributed by atoms with Gasteiger partial charge in [-0.2, -0.15) is 5.26 Å². The SMILES string of the molecule is Cc1c(N)cccc1CNc1cccnc1C#N. The summed E-state index contributed by atoms with van der Waals surface area (Å²) in [5.41, 5.74) is 9.95. The zero-order chi connectivity index (χ0) is 13.0. The molecule has 1 aromatic carbocycles. The lowest BCUT2D eigenvalue weighted by atomic mass is 10.1. The summed E-state index contributed by atoms with van der Waals surface area (Å²) in [7, 11) is 0. The molecule has 90 valence electrons. The van der Waals surface area contributed by atoms with Gasteiger partial charge in [-0.25, -0.2) is 4.98 Å². The van der Waals surface area contributed by atoms with E-state index in [0.717, 1.165) is 22.5 Å². The number of nitrogens with one attached hydrogen (secondary N) is 1. The number of nitriles is 1. The second-order valence-corrected chi connectivity index (χ2v) is 4.00. The number of rotatable bonds is 3. The van der Waals surface area contributed by atoms with E-state index in [2.05, 4.69) is 16.4 Å². The molecule has 1 aromatic heterocycles. The fourth-order valence-corrected chi connectivity index (χ4v) is 1.72. The molecule has 0 saturated carbocycles. The summed E-state index contributed by atoms with van der Waals surface area (Å²) in [6.07, 6.45) is 1.61. The third kappa shape index (κ3) is 2.41. The van der Waals surface area contributed by atoms with Gasteiger partial charge >= 0.3 is 0 Å². The minimum absolute atomic E-state index is 0.402. The normalized spacial score (nSPS) is 9.78. The summed E-state index contributed by atoms with van der Waals surface area (Å²) < 4.78 is 0. The summed E-state index contributed by atoms with van der Waals surface area (Å²) in [6.45, 7) is 2.61. The van der Waals surface area contributed by atoms with Crippen molar-refractivity contribution in [2.75, 3.05) is 11.1 Å². The van der Waals surface area contributed by atoms with Crippen LogP contribution in [0, 0.1) is 18.3 Å². The first-order chi connectivity index (χ1) is 8.72. The van der Waals surface area contributed by atoms with Gasteiger partial charge < -0.3 is 11.1 Å². The van der Waals surface area contributed by atoms with E-state index in [0.29, 0.717) is 12.2 Å². The number of pyridine rings is 1. The Kier molecular flexibility index (Phi) is 3.44. The monoisotopic (exact) mass is 238 g/mol. The Labute approximate surface area is 106 Å². The van der Waals surface area contributed by atoms with Crippen LogP contribution in [0.1, 0.15) is 16.8 Å². The van der Waals surface area contributed by atoms with E-state index < -0.39 is 0 Å². The Balaban J connectivity index is 2.17. The number of benzene rings is 1. The summed E-state index contributed by atoms with van der Waals surface area (Å²) in [5, 5.41) is 12.1. The van der Waals surface area contributed by atoms with Crippen molar-refractivity contribution >= 4 is 11.4 Å². The van der Waals surface area contributed by atoms with E-state index in [1.54, 1.807) is 12.3 Å². The number of hydrogen-bond acceptors (Lipinski definition) is 4. The van der Waals surface area contributed by atoms with E-state index in [4.69, 9.17) is 11.0 Å². The minimum Gasteiger partial charge on any atom is -0.399 e. The number of anilines is 2. The number of nitrogens with zero attached hydrogens (tertiary/aromatic N) is 2. The molecule has 0 aliphatic rings. The molecule has 4 nitrogen and oxygen atoms in total. The summed E-state index contributed by atoms with van der Waals surface area (Å²) in [4.78, 5) is 4.00. The molecule has 0 unspecified atom stereocenters. The van der Waals surface area contributed by atoms with Crippen molar-refractivity contribution in [3.63, 3.8) is 0 Å². The zero-order valence-electron chi connectivity index (χ0n) is 10.1. The standard InChI is InChI=1S/C14H14N4/c1-10-11(4-2-5-12(10)16)9-18-13-6-3-7-17-14(13)8-15/h2-7,18H,9,16H2,1H3. The Hall–Kier alpha value is -2.54. The molecular formula is C14H14N4. The lowest BCUT2D eigenvalue weighted by Gasteiger charge is -2.11. The van der Waals surface area contributed by atoms with Crippen molar-refractivity contribution < 1.29 is 0 Å². The van der Waals surface area contributed by atoms with Crippen LogP contribution in [-0.4, -0.2) is 4.98 Å². The molecule has 3 N–H and O–H groups in total. The van der Waals surface area contributed by atoms with Crippen LogP contribution in [0.2, 0.25) is 0 Å². The zero-order valence-corrected chi connectivity index (χ0v) is 10.1. The highest BCUT2D eigenvalue weighted by Crippen LogP contribution is 2.18. The van der Waals surface area contributed by atoms with Gasteiger partial charge in [-0.1, -0.05) is 12.1 Å². The van der Waals surface area contributed by atoms with E-state index in [9.17, 15) is 0 Å². The highest BCUT2D eigenvalue weighted by molar-refractivity contribution is 5.55. The molecule has 0 bridgehead atoms. The highest BCUT2D eigenvalue weighted by Gasteiger charge is 2.04. The first kappa shape index (κ1) is 11.9. The lowest BCUT2D eigenvalue weighted by molar-refractivity contribution is 1.10. The Morgan fingerprint density at radius 2 is 2.17 bits per heavy atom. The van der Waals surface area contributed by atoms with Crippen LogP contribution < -0.4 is 11.1 Å². The number of aromatic nitrogens is 1. The van der Waals surface area contributed by atoms with Crippen LogP contribution in [0.5, 0.6) is 0 Å². The van der Waals surface area contributed by atoms with Crippen LogP contribution in [0.15, 0.2) is 36.5 Å². The van der Waals surface area contributed by atoms with Crippen LogP contribution in [-0.2, 0) is 6.54 Å². The van der Waals surface area contributed by atoms with Crippen LogP contribution in [0.25, 0.3) is 0 Å². The van der Waals surface area contributed by atoms with Crippen molar-refractivity contribution in [2.24, 2.45) is 0 Å². The van der Waals surface area contributed by atoms with Gasteiger partial charge in [0.2, 0.25) is 0 Å². The number of hydrogen-bond donors (Lipinski definition) is 2. The average Bonchev–Trinajstić information content (AvgIpc) is 2.41. The Morgan fingerprint density at radius 3 is 2.94 bits per heavy atom. The van der Waals surface area contributed by atoms with Gasteiger partial charge in [0.25, 0.3) is 0 Å². The van der Waals surface area contributed by atoms with Crippen LogP contribution >= 0.6 is 0 Å². The predicted octanol–water partition coefficient (Wildman–Crippen LogP) is 2.46. The second kappa shape index (κ2) is 5.19. The predicted molar refractivity (Wildman–Crippen MR) is 71.9 cm³/mol. The minimum atomic E-state index is 0.402. The molecule has 0 aliphatic heterocycles. The molecule has 4 heteroatoms. The summed E-state index contributed by atoms with van der Waals surface area (Å²) in [6, 6.07) is 11.5. The second-order valence-electron chi connectivity index (χ2n) is 4.00. The molecule has 0 saturated heterocycles. The molecule has 0 fully saturated rings. The molecule has 0 aliphatic carbocycles. The molecule has 2 rings (SSSR count). The molecule has 18 heavy (non-hydrogen) atoms. The van der Waals surface area contributed by atoms with Crippen LogP contribution in [0.4, 0.5) is 11.4 Å².